The molecule has 3 rings (SSSR count). The summed E-state index contributed by atoms with van der Waals surface area (Å²) in [7, 11) is 0. The lowest BCUT2D eigenvalue weighted by atomic mass is 10.1. The molecule has 1 aromatic heterocycles. The van der Waals surface area contributed by atoms with Gasteiger partial charge in [0.1, 0.15) is 0 Å². The molecule has 3 aromatic rings. The van der Waals surface area contributed by atoms with Crippen LogP contribution in [0.1, 0.15) is 19.4 Å². The van der Waals surface area contributed by atoms with E-state index in [0.717, 1.165) is 26.2 Å². The van der Waals surface area contributed by atoms with Crippen LogP contribution in [0.3, 0.4) is 0 Å². The van der Waals surface area contributed by atoms with Crippen molar-refractivity contribution >= 4 is 21.8 Å². The van der Waals surface area contributed by atoms with E-state index in [0.29, 0.717) is 6.54 Å². The molecule has 1 heterocycles. The van der Waals surface area contributed by atoms with Gasteiger partial charge in [0, 0.05) is 54.5 Å². The van der Waals surface area contributed by atoms with Crippen molar-refractivity contribution in [2.45, 2.75) is 33.0 Å². The Morgan fingerprint density at radius 1 is 1.00 bits per heavy atom. The number of para-hydroxylation sites is 1. The third-order valence-corrected chi connectivity index (χ3v) is 4.40. The minimum Gasteiger partial charge on any atom is -0.392 e. The van der Waals surface area contributed by atoms with Gasteiger partial charge >= 0.3 is 0 Å². The van der Waals surface area contributed by atoms with Crippen LogP contribution in [-0.4, -0.2) is 35.4 Å². The molecule has 0 unspecified atom stereocenters. The van der Waals surface area contributed by atoms with E-state index >= 15 is 0 Å². The van der Waals surface area contributed by atoms with Crippen molar-refractivity contribution in [1.29, 1.82) is 0 Å². The fourth-order valence-corrected chi connectivity index (χ4v) is 3.27. The van der Waals surface area contributed by atoms with Crippen LogP contribution in [0.5, 0.6) is 0 Å². The maximum Gasteiger partial charge on any atom is 0.0636 e. The van der Waals surface area contributed by atoms with E-state index in [4.69, 9.17) is 0 Å². The van der Waals surface area contributed by atoms with Crippen LogP contribution in [0.4, 0.5) is 0 Å². The third-order valence-electron chi connectivity index (χ3n) is 4.40. The predicted molar refractivity (Wildman–Crippen MR) is 101 cm³/mol. The molecule has 0 aliphatic rings. The average molecular weight is 325 g/mol. The van der Waals surface area contributed by atoms with E-state index in [-0.39, 0.29) is 6.10 Å². The zero-order chi connectivity index (χ0) is 16.9. The van der Waals surface area contributed by atoms with Crippen LogP contribution in [0.25, 0.3) is 21.8 Å². The maximum atomic E-state index is 9.21. The molecular formula is C20H27N3O. The Morgan fingerprint density at radius 2 is 1.75 bits per heavy atom. The average Bonchev–Trinajstić information content (AvgIpc) is 2.91. The number of fused-ring (bicyclic) bond motifs is 3. The molecule has 0 radical (unpaired) electrons. The van der Waals surface area contributed by atoms with Crippen molar-refractivity contribution in [1.82, 2.24) is 15.2 Å². The van der Waals surface area contributed by atoms with E-state index < -0.39 is 0 Å². The highest BCUT2D eigenvalue weighted by Crippen LogP contribution is 2.29. The molecule has 1 atom stereocenters. The molecule has 3 N–H and O–H groups in total. The van der Waals surface area contributed by atoms with Gasteiger partial charge in [-0.1, -0.05) is 24.3 Å². The Hall–Kier alpha value is -1.88. The monoisotopic (exact) mass is 325 g/mol. The molecule has 2 aromatic carbocycles. The van der Waals surface area contributed by atoms with Crippen molar-refractivity contribution < 1.29 is 5.11 Å². The summed E-state index contributed by atoms with van der Waals surface area (Å²) < 4.78 is 2.38. The molecule has 0 spiro atoms. The van der Waals surface area contributed by atoms with E-state index in [1.54, 1.807) is 6.92 Å². The van der Waals surface area contributed by atoms with Gasteiger partial charge < -0.3 is 20.3 Å². The zero-order valence-corrected chi connectivity index (χ0v) is 14.5. The maximum absolute atomic E-state index is 9.21. The highest BCUT2D eigenvalue weighted by molar-refractivity contribution is 6.08. The van der Waals surface area contributed by atoms with Crippen LogP contribution >= 0.6 is 0 Å². The van der Waals surface area contributed by atoms with E-state index in [1.807, 2.05) is 0 Å². The lowest BCUT2D eigenvalue weighted by molar-refractivity contribution is 0.191. The summed E-state index contributed by atoms with van der Waals surface area (Å²) in [6, 6.07) is 15.4. The number of hydrogen-bond acceptors (Lipinski definition) is 3. The first kappa shape index (κ1) is 17.0. The minimum atomic E-state index is -0.289. The lowest BCUT2D eigenvalue weighted by Crippen LogP contribution is -2.31. The Kier molecular flexibility index (Phi) is 5.51. The summed E-state index contributed by atoms with van der Waals surface area (Å²) in [4.78, 5) is 0. The molecule has 0 amide bonds. The van der Waals surface area contributed by atoms with E-state index in [1.165, 1.54) is 27.4 Å². The predicted octanol–water partition coefficient (Wildman–Crippen LogP) is 2.87. The van der Waals surface area contributed by atoms with E-state index in [2.05, 4.69) is 64.6 Å². The fourth-order valence-electron chi connectivity index (χ4n) is 3.27. The second-order valence-electron chi connectivity index (χ2n) is 6.34. The summed E-state index contributed by atoms with van der Waals surface area (Å²) >= 11 is 0. The molecule has 0 saturated heterocycles. The van der Waals surface area contributed by atoms with Gasteiger partial charge in [0.25, 0.3) is 0 Å². The summed E-state index contributed by atoms with van der Waals surface area (Å²) in [5, 5.41) is 18.6. The molecule has 4 heteroatoms. The Morgan fingerprint density at radius 3 is 2.54 bits per heavy atom. The summed E-state index contributed by atoms with van der Waals surface area (Å²) in [5.74, 6) is 0. The number of hydrogen-bond donors (Lipinski definition) is 3. The van der Waals surface area contributed by atoms with Crippen molar-refractivity contribution in [3.8, 4) is 0 Å². The number of nitrogens with zero attached hydrogens (tertiary/aromatic N) is 1. The minimum absolute atomic E-state index is 0.289. The van der Waals surface area contributed by atoms with Gasteiger partial charge in [0.2, 0.25) is 0 Å². The number of aromatic nitrogens is 1. The number of aryl methyl sites for hydroxylation is 1. The SMILES string of the molecule is CCn1c2ccccc2c2cc(CNCCNC[C@@H](C)O)ccc21. The van der Waals surface area contributed by atoms with Crippen LogP contribution in [0.15, 0.2) is 42.5 Å². The smallest absolute Gasteiger partial charge is 0.0636 e. The topological polar surface area (TPSA) is 49.2 Å². The van der Waals surface area contributed by atoms with Crippen LogP contribution in [-0.2, 0) is 13.1 Å². The number of rotatable bonds is 8. The third kappa shape index (κ3) is 3.61. The molecule has 0 aliphatic heterocycles. The largest absolute Gasteiger partial charge is 0.392 e. The second-order valence-corrected chi connectivity index (χ2v) is 6.34. The first-order chi connectivity index (χ1) is 11.7. The van der Waals surface area contributed by atoms with Gasteiger partial charge in [-0.25, -0.2) is 0 Å². The quantitative estimate of drug-likeness (QED) is 0.558. The number of nitrogens with one attached hydrogen (secondary N) is 2. The number of aliphatic hydroxyl groups is 1. The highest BCUT2D eigenvalue weighted by Gasteiger charge is 2.09. The summed E-state index contributed by atoms with van der Waals surface area (Å²) in [5.41, 5.74) is 3.92. The Labute approximate surface area is 143 Å². The fraction of sp³-hybridized carbons (Fsp3) is 0.400. The van der Waals surface area contributed by atoms with Gasteiger partial charge in [0.15, 0.2) is 0 Å². The summed E-state index contributed by atoms with van der Waals surface area (Å²) in [6.07, 6.45) is -0.289. The van der Waals surface area contributed by atoms with Gasteiger partial charge in [0.05, 0.1) is 6.10 Å². The molecule has 24 heavy (non-hydrogen) atoms. The molecule has 0 aliphatic carbocycles. The van der Waals surface area contributed by atoms with Crippen molar-refractivity contribution in [3.63, 3.8) is 0 Å². The Balaban J connectivity index is 1.71. The van der Waals surface area contributed by atoms with E-state index in [9.17, 15) is 5.11 Å². The Bertz CT molecular complexity index is 807. The standard InChI is InChI=1S/C20H27N3O/c1-3-23-19-7-5-4-6-17(19)18-12-16(8-9-20(18)23)14-22-11-10-21-13-15(2)24/h4-9,12,15,21-22,24H,3,10-11,13-14H2,1-2H3/t15-/m1/s1. The zero-order valence-electron chi connectivity index (χ0n) is 14.5. The van der Waals surface area contributed by atoms with Gasteiger partial charge in [-0.2, -0.15) is 0 Å². The van der Waals surface area contributed by atoms with Gasteiger partial charge in [-0.05, 0) is 37.6 Å². The number of aliphatic hydroxyl groups excluding tert-OH is 1. The first-order valence-corrected chi connectivity index (χ1v) is 8.80. The van der Waals surface area contributed by atoms with Crippen LogP contribution in [0.2, 0.25) is 0 Å². The van der Waals surface area contributed by atoms with Crippen molar-refractivity contribution in [2.75, 3.05) is 19.6 Å². The van der Waals surface area contributed by atoms with Crippen molar-refractivity contribution in [2.24, 2.45) is 0 Å². The van der Waals surface area contributed by atoms with Gasteiger partial charge in [-0.15, -0.1) is 0 Å². The first-order valence-electron chi connectivity index (χ1n) is 8.80. The molecule has 128 valence electrons. The van der Waals surface area contributed by atoms with Crippen molar-refractivity contribution in [3.05, 3.63) is 48.0 Å². The molecule has 4 nitrogen and oxygen atoms in total. The summed E-state index contributed by atoms with van der Waals surface area (Å²) in [6.45, 7) is 8.23. The second kappa shape index (κ2) is 7.79. The number of benzene rings is 2. The normalized spacial score (nSPS) is 13.0. The van der Waals surface area contributed by atoms with Crippen LogP contribution in [0, 0.1) is 0 Å². The molecule has 0 saturated carbocycles. The molecule has 0 fully saturated rings. The van der Waals surface area contributed by atoms with Gasteiger partial charge in [-0.3, -0.25) is 0 Å². The highest BCUT2D eigenvalue weighted by atomic mass is 16.3. The van der Waals surface area contributed by atoms with Crippen LogP contribution < -0.4 is 10.6 Å². The lowest BCUT2D eigenvalue weighted by Gasteiger charge is -2.08. The molecule has 0 bridgehead atoms. The molecular weight excluding hydrogens is 298 g/mol.